The van der Waals surface area contributed by atoms with Gasteiger partial charge in [-0.2, -0.15) is 0 Å². The third-order valence-electron chi connectivity index (χ3n) is 7.02. The number of hydrogen-bond acceptors (Lipinski definition) is 2. The van der Waals surface area contributed by atoms with Crippen molar-refractivity contribution in [2.75, 3.05) is 13.1 Å². The molecule has 0 spiro atoms. The van der Waals surface area contributed by atoms with Crippen molar-refractivity contribution in [2.24, 2.45) is 0 Å². The molecule has 0 saturated heterocycles. The van der Waals surface area contributed by atoms with Crippen molar-refractivity contribution < 1.29 is 0 Å². The molecule has 32 heavy (non-hydrogen) atoms. The van der Waals surface area contributed by atoms with Crippen LogP contribution in [0.25, 0.3) is 0 Å². The quantitative estimate of drug-likeness (QED) is 0.187. The van der Waals surface area contributed by atoms with E-state index in [1.807, 2.05) is 0 Å². The predicted octanol–water partition coefficient (Wildman–Crippen LogP) is 8.93. The Morgan fingerprint density at radius 1 is 0.531 bits per heavy atom. The van der Waals surface area contributed by atoms with Crippen molar-refractivity contribution >= 4 is 0 Å². The fourth-order valence-corrected chi connectivity index (χ4v) is 4.92. The Bertz CT molecular complexity index is 567. The van der Waals surface area contributed by atoms with Crippen LogP contribution in [0.1, 0.15) is 122 Å². The lowest BCUT2D eigenvalue weighted by Crippen LogP contribution is -2.41. The van der Waals surface area contributed by atoms with Crippen molar-refractivity contribution in [1.82, 2.24) is 9.80 Å². The first-order chi connectivity index (χ1) is 15.8. The summed E-state index contributed by atoms with van der Waals surface area (Å²) < 4.78 is 0. The maximum atomic E-state index is 2.61. The van der Waals surface area contributed by atoms with Crippen LogP contribution in [-0.2, 0) is 6.42 Å². The van der Waals surface area contributed by atoms with E-state index in [-0.39, 0.29) is 0 Å². The van der Waals surface area contributed by atoms with Crippen LogP contribution in [0, 0.1) is 0 Å². The number of hydrogen-bond donors (Lipinski definition) is 0. The van der Waals surface area contributed by atoms with E-state index in [2.05, 4.69) is 66.4 Å². The molecule has 1 atom stereocenters. The van der Waals surface area contributed by atoms with Crippen molar-refractivity contribution in [3.63, 3.8) is 0 Å². The molecule has 0 saturated carbocycles. The van der Waals surface area contributed by atoms with Gasteiger partial charge in [-0.25, -0.2) is 0 Å². The molecule has 1 unspecified atom stereocenters. The molecule has 2 nitrogen and oxygen atoms in total. The highest BCUT2D eigenvalue weighted by molar-refractivity contribution is 5.17. The standard InChI is InChI=1S/C30H52N2/c1-3-5-7-9-10-11-12-13-14-15-16-21-25-32-27-26-31(24-20-8-6-4-2)30(32)28-29-22-18-17-19-23-29/h17-19,22-23,26-27,30H,3-16,20-21,24-25,28H2,1-2H3. The minimum atomic E-state index is 0.506. The molecule has 0 aromatic heterocycles. The van der Waals surface area contributed by atoms with E-state index >= 15 is 0 Å². The second kappa shape index (κ2) is 18.0. The number of rotatable bonds is 20. The second-order valence-corrected chi connectivity index (χ2v) is 9.89. The van der Waals surface area contributed by atoms with Crippen LogP contribution in [0.2, 0.25) is 0 Å². The van der Waals surface area contributed by atoms with Crippen LogP contribution in [0.5, 0.6) is 0 Å². The Balaban J connectivity index is 1.62. The lowest BCUT2D eigenvalue weighted by molar-refractivity contribution is 0.148. The highest BCUT2D eigenvalue weighted by Gasteiger charge is 2.25. The van der Waals surface area contributed by atoms with Crippen LogP contribution in [-0.4, -0.2) is 29.1 Å². The van der Waals surface area contributed by atoms with Gasteiger partial charge in [-0.05, 0) is 18.4 Å². The van der Waals surface area contributed by atoms with Gasteiger partial charge >= 0.3 is 0 Å². The molecule has 0 fully saturated rings. The van der Waals surface area contributed by atoms with E-state index in [4.69, 9.17) is 0 Å². The SMILES string of the molecule is CCCCCCCCCCCCCCN1C=CN(CCCCCC)C1Cc1ccccc1. The molecule has 2 heteroatoms. The summed E-state index contributed by atoms with van der Waals surface area (Å²) in [6.45, 7) is 7.00. The Kier molecular flexibility index (Phi) is 15.1. The van der Waals surface area contributed by atoms with Crippen molar-refractivity contribution in [2.45, 2.75) is 129 Å². The summed E-state index contributed by atoms with van der Waals surface area (Å²) in [7, 11) is 0. The van der Waals surface area contributed by atoms with Crippen LogP contribution in [0.4, 0.5) is 0 Å². The van der Waals surface area contributed by atoms with Gasteiger partial charge in [-0.15, -0.1) is 0 Å². The number of nitrogens with zero attached hydrogens (tertiary/aromatic N) is 2. The van der Waals surface area contributed by atoms with Crippen LogP contribution < -0.4 is 0 Å². The molecule has 1 aliphatic rings. The van der Waals surface area contributed by atoms with Crippen molar-refractivity contribution in [3.8, 4) is 0 Å². The lowest BCUT2D eigenvalue weighted by Gasteiger charge is -2.33. The average Bonchev–Trinajstić information content (AvgIpc) is 3.19. The molecule has 0 amide bonds. The molecule has 0 aliphatic carbocycles. The molecular weight excluding hydrogens is 388 g/mol. The van der Waals surface area contributed by atoms with E-state index in [1.54, 1.807) is 0 Å². The van der Waals surface area contributed by atoms with E-state index in [9.17, 15) is 0 Å². The van der Waals surface area contributed by atoms with Crippen molar-refractivity contribution in [1.29, 1.82) is 0 Å². The molecule has 1 heterocycles. The Morgan fingerprint density at radius 3 is 1.41 bits per heavy atom. The van der Waals surface area contributed by atoms with E-state index in [0.717, 1.165) is 6.42 Å². The van der Waals surface area contributed by atoms with Gasteiger partial charge in [0.2, 0.25) is 0 Å². The molecule has 0 N–H and O–H groups in total. The average molecular weight is 441 g/mol. The van der Waals surface area contributed by atoms with E-state index < -0.39 is 0 Å². The summed E-state index contributed by atoms with van der Waals surface area (Å²) in [4.78, 5) is 5.21. The number of unbranched alkanes of at least 4 members (excludes halogenated alkanes) is 14. The normalized spacial score (nSPS) is 15.8. The van der Waals surface area contributed by atoms with Gasteiger partial charge in [0, 0.05) is 31.9 Å². The molecule has 0 radical (unpaired) electrons. The molecule has 0 bridgehead atoms. The van der Waals surface area contributed by atoms with Gasteiger partial charge in [0.05, 0.1) is 0 Å². The van der Waals surface area contributed by atoms with Gasteiger partial charge in [0.1, 0.15) is 6.17 Å². The smallest absolute Gasteiger partial charge is 0.105 e. The minimum Gasteiger partial charge on any atom is -0.356 e. The topological polar surface area (TPSA) is 6.48 Å². The molecule has 182 valence electrons. The third-order valence-corrected chi connectivity index (χ3v) is 7.02. The van der Waals surface area contributed by atoms with E-state index in [0.29, 0.717) is 6.17 Å². The second-order valence-electron chi connectivity index (χ2n) is 9.89. The summed E-state index contributed by atoms with van der Waals surface area (Å²) in [5.41, 5.74) is 1.46. The predicted molar refractivity (Wildman–Crippen MR) is 142 cm³/mol. The summed E-state index contributed by atoms with van der Waals surface area (Å²) in [6.07, 6.45) is 28.8. The molecule has 2 rings (SSSR count). The van der Waals surface area contributed by atoms with Gasteiger partial charge in [0.25, 0.3) is 0 Å². The molecular formula is C30H52N2. The summed E-state index contributed by atoms with van der Waals surface area (Å²) >= 11 is 0. The monoisotopic (exact) mass is 440 g/mol. The zero-order valence-corrected chi connectivity index (χ0v) is 21.4. The first-order valence-electron chi connectivity index (χ1n) is 14.1. The van der Waals surface area contributed by atoms with Gasteiger partial charge in [0.15, 0.2) is 0 Å². The zero-order valence-electron chi connectivity index (χ0n) is 21.4. The zero-order chi connectivity index (χ0) is 22.7. The summed E-state index contributed by atoms with van der Waals surface area (Å²) in [5.74, 6) is 0. The molecule has 1 aromatic rings. The summed E-state index contributed by atoms with van der Waals surface area (Å²) in [5, 5.41) is 0. The van der Waals surface area contributed by atoms with Crippen LogP contribution >= 0.6 is 0 Å². The van der Waals surface area contributed by atoms with Gasteiger partial charge in [-0.3, -0.25) is 0 Å². The fraction of sp³-hybridized carbons (Fsp3) is 0.733. The van der Waals surface area contributed by atoms with Crippen LogP contribution in [0.15, 0.2) is 42.7 Å². The first kappa shape index (κ1) is 26.8. The Hall–Kier alpha value is -1.44. The van der Waals surface area contributed by atoms with Gasteiger partial charge in [-0.1, -0.05) is 134 Å². The highest BCUT2D eigenvalue weighted by atomic mass is 15.4. The van der Waals surface area contributed by atoms with E-state index in [1.165, 1.54) is 121 Å². The summed E-state index contributed by atoms with van der Waals surface area (Å²) in [6, 6.07) is 11.1. The Labute approximate surface area is 200 Å². The number of benzene rings is 1. The van der Waals surface area contributed by atoms with Crippen molar-refractivity contribution in [3.05, 3.63) is 48.3 Å². The Morgan fingerprint density at radius 2 is 0.938 bits per heavy atom. The lowest BCUT2D eigenvalue weighted by atomic mass is 10.0. The highest BCUT2D eigenvalue weighted by Crippen LogP contribution is 2.22. The minimum absolute atomic E-state index is 0.506. The maximum Gasteiger partial charge on any atom is 0.105 e. The van der Waals surface area contributed by atoms with Crippen LogP contribution in [0.3, 0.4) is 0 Å². The molecule has 1 aliphatic heterocycles. The third kappa shape index (κ3) is 11.4. The maximum absolute atomic E-state index is 2.61. The molecule has 1 aromatic carbocycles. The fourth-order valence-electron chi connectivity index (χ4n) is 4.92. The largest absolute Gasteiger partial charge is 0.356 e. The van der Waals surface area contributed by atoms with Gasteiger partial charge < -0.3 is 9.80 Å². The first-order valence-corrected chi connectivity index (χ1v) is 14.1.